The number of para-hydroxylation sites is 1. The molecule has 0 bridgehead atoms. The van der Waals surface area contributed by atoms with E-state index in [2.05, 4.69) is 17.0 Å². The maximum Gasteiger partial charge on any atom is 0.304 e. The Bertz CT molecular complexity index is 746. The van der Waals surface area contributed by atoms with Crippen molar-refractivity contribution in [2.75, 3.05) is 25.4 Å². The molecule has 4 nitrogen and oxygen atoms in total. The molecule has 3 rings (SSSR count). The number of carboxylic acids is 1. The summed E-state index contributed by atoms with van der Waals surface area (Å²) in [5.41, 5.74) is 2.23. The molecule has 0 amide bonds. The zero-order valence-electron chi connectivity index (χ0n) is 14.7. The molecule has 1 N–H and O–H groups in total. The van der Waals surface area contributed by atoms with E-state index in [0.29, 0.717) is 22.6 Å². The van der Waals surface area contributed by atoms with E-state index in [4.69, 9.17) is 21.4 Å². The summed E-state index contributed by atoms with van der Waals surface area (Å²) in [7, 11) is 0. The number of aryl methyl sites for hydroxylation is 1. The maximum atomic E-state index is 10.8. The van der Waals surface area contributed by atoms with Gasteiger partial charge in [-0.15, -0.1) is 0 Å². The number of thioether (sulfide) groups is 1. The van der Waals surface area contributed by atoms with Crippen molar-refractivity contribution in [2.24, 2.45) is 0 Å². The van der Waals surface area contributed by atoms with Gasteiger partial charge in [0.25, 0.3) is 0 Å². The summed E-state index contributed by atoms with van der Waals surface area (Å²) < 4.78 is 5.95. The molecule has 2 aromatic rings. The van der Waals surface area contributed by atoms with E-state index >= 15 is 0 Å². The van der Waals surface area contributed by atoms with Crippen LogP contribution in [0, 0.1) is 6.92 Å². The molecule has 6 heteroatoms. The Labute approximate surface area is 163 Å². The van der Waals surface area contributed by atoms with Crippen LogP contribution in [0.5, 0.6) is 11.5 Å². The molecule has 1 aliphatic rings. The summed E-state index contributed by atoms with van der Waals surface area (Å²) in [4.78, 5) is 13.0. The number of carbonyl (C=O) groups is 1. The van der Waals surface area contributed by atoms with Crippen LogP contribution in [-0.2, 0) is 4.79 Å². The summed E-state index contributed by atoms with van der Waals surface area (Å²) in [6.45, 7) is 4.41. The second kappa shape index (κ2) is 8.80. The third kappa shape index (κ3) is 4.93. The highest BCUT2D eigenvalue weighted by Gasteiger charge is 2.22. The van der Waals surface area contributed by atoms with Crippen LogP contribution in [0.15, 0.2) is 42.5 Å². The molecule has 1 saturated heterocycles. The van der Waals surface area contributed by atoms with E-state index in [1.807, 2.05) is 49.0 Å². The van der Waals surface area contributed by atoms with E-state index in [0.717, 1.165) is 30.2 Å². The third-order valence-corrected chi connectivity index (χ3v) is 5.97. The van der Waals surface area contributed by atoms with Crippen LogP contribution in [0.1, 0.15) is 22.8 Å². The molecule has 1 aliphatic heterocycles. The van der Waals surface area contributed by atoms with Gasteiger partial charge >= 0.3 is 5.97 Å². The average molecular weight is 392 g/mol. The lowest BCUT2D eigenvalue weighted by Gasteiger charge is -2.32. The van der Waals surface area contributed by atoms with Crippen LogP contribution in [0.4, 0.5) is 0 Å². The van der Waals surface area contributed by atoms with Crippen molar-refractivity contribution in [1.82, 2.24) is 4.90 Å². The van der Waals surface area contributed by atoms with Crippen LogP contribution in [0.2, 0.25) is 5.02 Å². The number of halogens is 1. The van der Waals surface area contributed by atoms with Crippen molar-refractivity contribution in [3.8, 4) is 11.5 Å². The quantitative estimate of drug-likeness (QED) is 0.750. The van der Waals surface area contributed by atoms with Crippen molar-refractivity contribution in [3.05, 3.63) is 58.6 Å². The third-order valence-electron chi connectivity index (χ3n) is 4.43. The van der Waals surface area contributed by atoms with Crippen molar-refractivity contribution in [3.63, 3.8) is 0 Å². The van der Waals surface area contributed by atoms with Gasteiger partial charge in [0, 0.05) is 30.6 Å². The second-order valence-electron chi connectivity index (χ2n) is 6.36. The van der Waals surface area contributed by atoms with Gasteiger partial charge in [0.15, 0.2) is 0 Å². The number of benzene rings is 2. The summed E-state index contributed by atoms with van der Waals surface area (Å²) in [6.07, 6.45) is 0.196. The minimum Gasteiger partial charge on any atom is -0.481 e. The predicted octanol–water partition coefficient (Wildman–Crippen LogP) is 5.01. The van der Waals surface area contributed by atoms with E-state index < -0.39 is 5.97 Å². The molecule has 0 aromatic heterocycles. The van der Waals surface area contributed by atoms with Gasteiger partial charge in [-0.05, 0) is 36.2 Å². The number of carboxylic acid groups (broad SMARTS) is 1. The number of rotatable bonds is 6. The average Bonchev–Trinajstić information content (AvgIpc) is 2.64. The van der Waals surface area contributed by atoms with Gasteiger partial charge in [-0.2, -0.15) is 11.8 Å². The molecule has 1 unspecified atom stereocenters. The Balaban J connectivity index is 1.64. The number of hydrogen-bond acceptors (Lipinski definition) is 4. The Morgan fingerprint density at radius 1 is 1.31 bits per heavy atom. The van der Waals surface area contributed by atoms with Gasteiger partial charge in [-0.3, -0.25) is 4.79 Å². The van der Waals surface area contributed by atoms with E-state index in [-0.39, 0.29) is 6.42 Å². The molecule has 1 heterocycles. The van der Waals surface area contributed by atoms with Gasteiger partial charge in [0.2, 0.25) is 0 Å². The molecule has 1 fully saturated rings. The fraction of sp³-hybridized carbons (Fsp3) is 0.350. The lowest BCUT2D eigenvalue weighted by atomic mass is 10.1. The largest absolute Gasteiger partial charge is 0.481 e. The molecule has 0 saturated carbocycles. The van der Waals surface area contributed by atoms with Crippen LogP contribution in [0.3, 0.4) is 0 Å². The van der Waals surface area contributed by atoms with Crippen molar-refractivity contribution in [1.29, 1.82) is 0 Å². The standard InChI is InChI=1S/C20H22ClNO3S/c1-14-3-2-4-17(21)20(14)25-16-7-5-15(6-8-16)18-13-22(11-12-26-18)10-9-19(23)24/h2-8,18H,9-13H2,1H3,(H,23,24). The first-order valence-corrected chi connectivity index (χ1v) is 10.0. The number of nitrogens with zero attached hydrogens (tertiary/aromatic N) is 1. The van der Waals surface area contributed by atoms with Crippen LogP contribution in [-0.4, -0.2) is 41.4 Å². The van der Waals surface area contributed by atoms with Gasteiger partial charge in [-0.1, -0.05) is 35.9 Å². The predicted molar refractivity (Wildman–Crippen MR) is 107 cm³/mol. The number of ether oxygens (including phenoxy) is 1. The lowest BCUT2D eigenvalue weighted by molar-refractivity contribution is -0.137. The normalized spacial score (nSPS) is 17.8. The molecule has 138 valence electrons. The lowest BCUT2D eigenvalue weighted by Crippen LogP contribution is -2.35. The van der Waals surface area contributed by atoms with E-state index in [9.17, 15) is 4.79 Å². The molecule has 1 atom stereocenters. The Hall–Kier alpha value is -1.69. The molecule has 2 aromatic carbocycles. The van der Waals surface area contributed by atoms with Gasteiger partial charge in [0.1, 0.15) is 11.5 Å². The molecule has 0 radical (unpaired) electrons. The van der Waals surface area contributed by atoms with Crippen molar-refractivity contribution in [2.45, 2.75) is 18.6 Å². The van der Waals surface area contributed by atoms with Crippen LogP contribution >= 0.6 is 23.4 Å². The van der Waals surface area contributed by atoms with E-state index in [1.165, 1.54) is 5.56 Å². The maximum absolute atomic E-state index is 10.8. The van der Waals surface area contributed by atoms with Gasteiger partial charge in [0.05, 0.1) is 11.4 Å². The first kappa shape index (κ1) is 19.1. The first-order chi connectivity index (χ1) is 12.5. The SMILES string of the molecule is Cc1cccc(Cl)c1Oc1ccc(C2CN(CCC(=O)O)CCS2)cc1. The summed E-state index contributed by atoms with van der Waals surface area (Å²) in [5.74, 6) is 1.72. The zero-order valence-corrected chi connectivity index (χ0v) is 16.2. The molecule has 0 aliphatic carbocycles. The Kier molecular flexibility index (Phi) is 6.46. The highest BCUT2D eigenvalue weighted by atomic mass is 35.5. The van der Waals surface area contributed by atoms with Crippen molar-refractivity contribution >= 4 is 29.3 Å². The molecule has 0 spiro atoms. The van der Waals surface area contributed by atoms with Crippen LogP contribution < -0.4 is 4.74 Å². The smallest absolute Gasteiger partial charge is 0.304 e. The second-order valence-corrected chi connectivity index (χ2v) is 8.08. The highest BCUT2D eigenvalue weighted by molar-refractivity contribution is 7.99. The minimum absolute atomic E-state index is 0.196. The fourth-order valence-electron chi connectivity index (χ4n) is 2.98. The monoisotopic (exact) mass is 391 g/mol. The van der Waals surface area contributed by atoms with Crippen LogP contribution in [0.25, 0.3) is 0 Å². The Morgan fingerprint density at radius 2 is 2.08 bits per heavy atom. The number of hydrogen-bond donors (Lipinski definition) is 1. The van der Waals surface area contributed by atoms with Gasteiger partial charge < -0.3 is 14.7 Å². The van der Waals surface area contributed by atoms with E-state index in [1.54, 1.807) is 0 Å². The Morgan fingerprint density at radius 3 is 2.77 bits per heavy atom. The summed E-state index contributed by atoms with van der Waals surface area (Å²) >= 11 is 8.14. The first-order valence-electron chi connectivity index (χ1n) is 8.61. The molecular weight excluding hydrogens is 370 g/mol. The molecule has 26 heavy (non-hydrogen) atoms. The van der Waals surface area contributed by atoms with Gasteiger partial charge in [-0.25, -0.2) is 0 Å². The molecular formula is C20H22ClNO3S. The topological polar surface area (TPSA) is 49.8 Å². The summed E-state index contributed by atoms with van der Waals surface area (Å²) in [6, 6.07) is 13.8. The number of aliphatic carboxylic acids is 1. The summed E-state index contributed by atoms with van der Waals surface area (Å²) in [5, 5.41) is 9.82. The zero-order chi connectivity index (χ0) is 18.5. The minimum atomic E-state index is -0.740. The fourth-order valence-corrected chi connectivity index (χ4v) is 4.55. The highest BCUT2D eigenvalue weighted by Crippen LogP contribution is 2.36. The van der Waals surface area contributed by atoms with Crippen molar-refractivity contribution < 1.29 is 14.6 Å².